The summed E-state index contributed by atoms with van der Waals surface area (Å²) in [5.74, 6) is -0.383. The Morgan fingerprint density at radius 2 is 2.36 bits per heavy atom. The Hall–Kier alpha value is -1.43. The highest BCUT2D eigenvalue weighted by atomic mass is 16.7. The molecule has 14 heavy (non-hydrogen) atoms. The second kappa shape index (κ2) is 3.75. The average Bonchev–Trinajstić information content (AvgIpc) is 2.71. The maximum absolute atomic E-state index is 11.6. The molecule has 2 aliphatic heterocycles. The first-order valence-corrected chi connectivity index (χ1v) is 4.57. The van der Waals surface area contributed by atoms with Crippen molar-refractivity contribution in [3.63, 3.8) is 0 Å². The number of carbonyl (C=O) groups is 2. The average molecular weight is 197 g/mol. The number of nitrogens with one attached hydrogen (secondary N) is 1. The van der Waals surface area contributed by atoms with Crippen molar-refractivity contribution in [3.05, 3.63) is 0 Å². The molecular formula is C8H11N3O3. The normalized spacial score (nSPS) is 21.9. The summed E-state index contributed by atoms with van der Waals surface area (Å²) in [6, 6.07) is 0. The van der Waals surface area contributed by atoms with Gasteiger partial charge in [-0.2, -0.15) is 5.10 Å². The minimum atomic E-state index is -0.234. The number of carbonyl (C=O) groups excluding carboxylic acids is 2. The van der Waals surface area contributed by atoms with Crippen molar-refractivity contribution in [3.8, 4) is 0 Å². The van der Waals surface area contributed by atoms with Crippen molar-refractivity contribution in [2.24, 2.45) is 5.10 Å². The van der Waals surface area contributed by atoms with Gasteiger partial charge in [-0.15, -0.1) is 0 Å². The van der Waals surface area contributed by atoms with Gasteiger partial charge in [0.1, 0.15) is 5.71 Å². The SMILES string of the molecule is O=C1CCC(C(=O)N2CCCO2)=NN1. The van der Waals surface area contributed by atoms with Gasteiger partial charge in [-0.25, -0.2) is 10.5 Å². The quantitative estimate of drug-likeness (QED) is 0.611. The molecule has 0 spiro atoms. The maximum Gasteiger partial charge on any atom is 0.293 e. The predicted molar refractivity (Wildman–Crippen MR) is 47.1 cm³/mol. The van der Waals surface area contributed by atoms with Gasteiger partial charge in [-0.05, 0) is 6.42 Å². The molecule has 0 aromatic rings. The number of hydrogen-bond acceptors (Lipinski definition) is 4. The number of amides is 2. The van der Waals surface area contributed by atoms with E-state index < -0.39 is 0 Å². The Morgan fingerprint density at radius 3 is 2.93 bits per heavy atom. The predicted octanol–water partition coefficient (Wildman–Crippen LogP) is -0.584. The molecule has 2 aliphatic rings. The van der Waals surface area contributed by atoms with E-state index in [1.165, 1.54) is 5.06 Å². The molecule has 0 unspecified atom stereocenters. The van der Waals surface area contributed by atoms with Crippen LogP contribution < -0.4 is 5.43 Å². The Balaban J connectivity index is 2.00. The molecule has 1 fully saturated rings. The molecule has 0 aliphatic carbocycles. The molecule has 6 heteroatoms. The molecule has 1 saturated heterocycles. The molecule has 0 saturated carbocycles. The minimum Gasteiger partial charge on any atom is -0.273 e. The van der Waals surface area contributed by atoms with Crippen molar-refractivity contribution in [2.75, 3.05) is 13.2 Å². The second-order valence-electron chi connectivity index (χ2n) is 3.19. The van der Waals surface area contributed by atoms with Gasteiger partial charge in [0.15, 0.2) is 0 Å². The number of nitrogens with zero attached hydrogens (tertiary/aromatic N) is 2. The van der Waals surface area contributed by atoms with Crippen LogP contribution in [0.3, 0.4) is 0 Å². The topological polar surface area (TPSA) is 71.0 Å². The van der Waals surface area contributed by atoms with Crippen LogP contribution in [0.1, 0.15) is 19.3 Å². The number of hydrogen-bond donors (Lipinski definition) is 1. The molecule has 0 atom stereocenters. The summed E-state index contributed by atoms with van der Waals surface area (Å²) in [4.78, 5) is 27.5. The van der Waals surface area contributed by atoms with Crippen LogP contribution in [0.2, 0.25) is 0 Å². The van der Waals surface area contributed by atoms with Crippen LogP contribution in [-0.4, -0.2) is 35.7 Å². The van der Waals surface area contributed by atoms with Gasteiger partial charge in [-0.1, -0.05) is 0 Å². The van der Waals surface area contributed by atoms with E-state index in [-0.39, 0.29) is 11.8 Å². The molecule has 2 amide bonds. The van der Waals surface area contributed by atoms with E-state index in [1.807, 2.05) is 0 Å². The van der Waals surface area contributed by atoms with E-state index >= 15 is 0 Å². The molecule has 1 N–H and O–H groups in total. The lowest BCUT2D eigenvalue weighted by Crippen LogP contribution is -2.38. The number of hydrazone groups is 1. The van der Waals surface area contributed by atoms with E-state index in [0.29, 0.717) is 31.7 Å². The van der Waals surface area contributed by atoms with Crippen LogP contribution in [0.25, 0.3) is 0 Å². The fraction of sp³-hybridized carbons (Fsp3) is 0.625. The van der Waals surface area contributed by atoms with E-state index in [4.69, 9.17) is 4.84 Å². The van der Waals surface area contributed by atoms with Gasteiger partial charge < -0.3 is 0 Å². The smallest absolute Gasteiger partial charge is 0.273 e. The van der Waals surface area contributed by atoms with Crippen molar-refractivity contribution >= 4 is 17.5 Å². The molecule has 0 radical (unpaired) electrons. The maximum atomic E-state index is 11.6. The molecule has 0 aromatic heterocycles. The monoisotopic (exact) mass is 197 g/mol. The van der Waals surface area contributed by atoms with Gasteiger partial charge >= 0.3 is 0 Å². The highest BCUT2D eigenvalue weighted by molar-refractivity contribution is 6.39. The van der Waals surface area contributed by atoms with Gasteiger partial charge in [0.25, 0.3) is 5.91 Å². The lowest BCUT2D eigenvalue weighted by atomic mass is 10.1. The zero-order valence-electron chi connectivity index (χ0n) is 7.65. The van der Waals surface area contributed by atoms with Gasteiger partial charge in [0, 0.05) is 12.8 Å². The molecule has 6 nitrogen and oxygen atoms in total. The first-order chi connectivity index (χ1) is 6.77. The van der Waals surface area contributed by atoms with Crippen molar-refractivity contribution < 1.29 is 14.4 Å². The molecule has 0 aromatic carbocycles. The summed E-state index contributed by atoms with van der Waals surface area (Å²) in [6.45, 7) is 1.18. The highest BCUT2D eigenvalue weighted by Crippen LogP contribution is 2.09. The summed E-state index contributed by atoms with van der Waals surface area (Å²) in [7, 11) is 0. The first kappa shape index (κ1) is 9.14. The van der Waals surface area contributed by atoms with Crippen LogP contribution in [0.4, 0.5) is 0 Å². The summed E-state index contributed by atoms with van der Waals surface area (Å²) in [6.07, 6.45) is 1.56. The minimum absolute atomic E-state index is 0.149. The molecule has 76 valence electrons. The van der Waals surface area contributed by atoms with Gasteiger partial charge in [0.05, 0.1) is 13.2 Å². The van der Waals surface area contributed by atoms with Crippen LogP contribution >= 0.6 is 0 Å². The molecule has 2 rings (SSSR count). The molecular weight excluding hydrogens is 186 g/mol. The first-order valence-electron chi connectivity index (χ1n) is 4.57. The third kappa shape index (κ3) is 1.74. The Kier molecular flexibility index (Phi) is 2.45. The van der Waals surface area contributed by atoms with Crippen LogP contribution in [0.5, 0.6) is 0 Å². The van der Waals surface area contributed by atoms with E-state index in [9.17, 15) is 9.59 Å². The van der Waals surface area contributed by atoms with Crippen LogP contribution in [0, 0.1) is 0 Å². The second-order valence-corrected chi connectivity index (χ2v) is 3.19. The van der Waals surface area contributed by atoms with Gasteiger partial charge in [0.2, 0.25) is 5.91 Å². The third-order valence-electron chi connectivity index (χ3n) is 2.13. The van der Waals surface area contributed by atoms with Crippen LogP contribution in [0.15, 0.2) is 5.10 Å². The largest absolute Gasteiger partial charge is 0.293 e. The van der Waals surface area contributed by atoms with Gasteiger partial charge in [-0.3, -0.25) is 14.4 Å². The summed E-state index contributed by atoms with van der Waals surface area (Å²) in [5, 5.41) is 5.00. The Bertz CT molecular complexity index is 294. The lowest BCUT2D eigenvalue weighted by molar-refractivity contribution is -0.160. The standard InChI is InChI=1S/C8H11N3O3/c12-7-3-2-6(9-10-7)8(13)11-4-1-5-14-11/h1-5H2,(H,10,12). The summed E-state index contributed by atoms with van der Waals surface area (Å²) >= 11 is 0. The van der Waals surface area contributed by atoms with E-state index in [1.54, 1.807) is 0 Å². The third-order valence-corrected chi connectivity index (χ3v) is 2.13. The molecule has 0 bridgehead atoms. The Labute approximate surface area is 80.8 Å². The summed E-state index contributed by atoms with van der Waals surface area (Å²) in [5.41, 5.74) is 2.65. The van der Waals surface area contributed by atoms with Crippen molar-refractivity contribution in [1.29, 1.82) is 0 Å². The summed E-state index contributed by atoms with van der Waals surface area (Å²) < 4.78 is 0. The van der Waals surface area contributed by atoms with E-state index in [2.05, 4.69) is 10.5 Å². The number of hydroxylamine groups is 2. The fourth-order valence-electron chi connectivity index (χ4n) is 1.38. The zero-order valence-corrected chi connectivity index (χ0v) is 7.65. The lowest BCUT2D eigenvalue weighted by Gasteiger charge is -2.17. The Morgan fingerprint density at radius 1 is 1.50 bits per heavy atom. The van der Waals surface area contributed by atoms with Crippen molar-refractivity contribution in [1.82, 2.24) is 10.5 Å². The fourth-order valence-corrected chi connectivity index (χ4v) is 1.38. The van der Waals surface area contributed by atoms with Crippen molar-refractivity contribution in [2.45, 2.75) is 19.3 Å². The zero-order chi connectivity index (χ0) is 9.97. The van der Waals surface area contributed by atoms with E-state index in [0.717, 1.165) is 6.42 Å². The highest BCUT2D eigenvalue weighted by Gasteiger charge is 2.26. The van der Waals surface area contributed by atoms with Crippen LogP contribution in [-0.2, 0) is 14.4 Å². The molecule has 2 heterocycles. The number of rotatable bonds is 1.